The van der Waals surface area contributed by atoms with Crippen molar-refractivity contribution in [2.24, 2.45) is 5.92 Å². The van der Waals surface area contributed by atoms with Gasteiger partial charge >= 0.3 is 0 Å². The Balaban J connectivity index is 1.70. The van der Waals surface area contributed by atoms with Gasteiger partial charge in [-0.2, -0.15) is 0 Å². The van der Waals surface area contributed by atoms with Crippen LogP contribution >= 0.6 is 0 Å². The van der Waals surface area contributed by atoms with Crippen molar-refractivity contribution in [2.45, 2.75) is 45.3 Å². The van der Waals surface area contributed by atoms with Crippen molar-refractivity contribution in [1.82, 2.24) is 4.90 Å². The minimum atomic E-state index is 0.106. The van der Waals surface area contributed by atoms with Gasteiger partial charge in [0.05, 0.1) is 6.10 Å². The number of rotatable bonds is 5. The zero-order chi connectivity index (χ0) is 16.1. The van der Waals surface area contributed by atoms with Crippen LogP contribution < -0.4 is 0 Å². The zero-order valence-electron chi connectivity index (χ0n) is 14.0. The smallest absolute Gasteiger partial charge is 0.226 e. The van der Waals surface area contributed by atoms with Crippen LogP contribution in [0.5, 0.6) is 0 Å². The van der Waals surface area contributed by atoms with Crippen molar-refractivity contribution in [3.8, 4) is 0 Å². The molecule has 3 rings (SSSR count). The second-order valence-corrected chi connectivity index (χ2v) is 6.73. The molecule has 1 unspecified atom stereocenters. The average molecular weight is 317 g/mol. The van der Waals surface area contributed by atoms with E-state index in [0.717, 1.165) is 32.3 Å². The van der Waals surface area contributed by atoms with E-state index in [0.29, 0.717) is 26.3 Å². The summed E-state index contributed by atoms with van der Waals surface area (Å²) < 4.78 is 11.2. The third kappa shape index (κ3) is 4.55. The first-order valence-corrected chi connectivity index (χ1v) is 8.76. The van der Waals surface area contributed by atoms with E-state index < -0.39 is 0 Å². The van der Waals surface area contributed by atoms with Crippen molar-refractivity contribution in [3.05, 3.63) is 35.4 Å². The predicted molar refractivity (Wildman–Crippen MR) is 89.1 cm³/mol. The summed E-state index contributed by atoms with van der Waals surface area (Å²) in [6.07, 6.45) is 4.05. The highest BCUT2D eigenvalue weighted by atomic mass is 16.5. The van der Waals surface area contributed by atoms with E-state index in [9.17, 15) is 4.79 Å². The summed E-state index contributed by atoms with van der Waals surface area (Å²) in [7, 11) is 0. The lowest BCUT2D eigenvalue weighted by molar-refractivity contribution is -0.140. The fourth-order valence-electron chi connectivity index (χ4n) is 3.50. The number of hydrogen-bond acceptors (Lipinski definition) is 3. The molecule has 4 heteroatoms. The first-order chi connectivity index (χ1) is 11.2. The van der Waals surface area contributed by atoms with Crippen LogP contribution in [0.25, 0.3) is 0 Å². The zero-order valence-corrected chi connectivity index (χ0v) is 14.0. The normalized spacial score (nSPS) is 22.2. The average Bonchev–Trinajstić information content (AvgIpc) is 3.07. The monoisotopic (exact) mass is 317 g/mol. The molecule has 2 aliphatic rings. The van der Waals surface area contributed by atoms with E-state index >= 15 is 0 Å². The summed E-state index contributed by atoms with van der Waals surface area (Å²) in [6.45, 7) is 5.72. The van der Waals surface area contributed by atoms with E-state index in [-0.39, 0.29) is 17.9 Å². The van der Waals surface area contributed by atoms with E-state index in [1.54, 1.807) is 0 Å². The van der Waals surface area contributed by atoms with Gasteiger partial charge in [0.1, 0.15) is 0 Å². The molecular formula is C19H27NO3. The van der Waals surface area contributed by atoms with E-state index in [1.165, 1.54) is 11.1 Å². The molecule has 2 heterocycles. The van der Waals surface area contributed by atoms with Crippen LogP contribution in [0.3, 0.4) is 0 Å². The maximum atomic E-state index is 13.0. The van der Waals surface area contributed by atoms with Gasteiger partial charge in [-0.25, -0.2) is 0 Å². The lowest BCUT2D eigenvalue weighted by atomic mass is 9.98. The molecule has 0 bridgehead atoms. The van der Waals surface area contributed by atoms with Crippen molar-refractivity contribution in [2.75, 3.05) is 26.4 Å². The molecule has 0 aromatic heterocycles. The Bertz CT molecular complexity index is 519. The number of benzene rings is 1. The first-order valence-electron chi connectivity index (χ1n) is 8.76. The molecule has 0 N–H and O–H groups in total. The fraction of sp³-hybridized carbons (Fsp3) is 0.632. The van der Waals surface area contributed by atoms with Gasteiger partial charge in [-0.3, -0.25) is 4.79 Å². The number of aryl methyl sites for hydroxylation is 1. The van der Waals surface area contributed by atoms with Gasteiger partial charge in [0.2, 0.25) is 5.91 Å². The summed E-state index contributed by atoms with van der Waals surface area (Å²) in [4.78, 5) is 15.0. The lowest BCUT2D eigenvalue weighted by Gasteiger charge is -2.31. The highest BCUT2D eigenvalue weighted by Crippen LogP contribution is 2.22. The minimum absolute atomic E-state index is 0.106. The fourth-order valence-corrected chi connectivity index (χ4v) is 3.50. The Morgan fingerprint density at radius 2 is 2.04 bits per heavy atom. The molecule has 0 saturated carbocycles. The van der Waals surface area contributed by atoms with Gasteiger partial charge < -0.3 is 14.4 Å². The summed E-state index contributed by atoms with van der Waals surface area (Å²) >= 11 is 0. The standard InChI is InChI=1S/C19H27NO3/c1-15-4-2-5-16(12-15)13-20(14-18-6-3-9-23-18)19(21)17-7-10-22-11-8-17/h2,4-5,12,17-18H,3,6-11,13-14H2,1H3. The second kappa shape index (κ2) is 7.93. The Morgan fingerprint density at radius 1 is 1.22 bits per heavy atom. The van der Waals surface area contributed by atoms with Gasteiger partial charge in [0.15, 0.2) is 0 Å². The highest BCUT2D eigenvalue weighted by molar-refractivity contribution is 5.79. The van der Waals surface area contributed by atoms with Crippen LogP contribution in [-0.4, -0.2) is 43.3 Å². The molecule has 1 aromatic rings. The Hall–Kier alpha value is -1.39. The van der Waals surface area contributed by atoms with E-state index in [2.05, 4.69) is 31.2 Å². The number of hydrogen-bond donors (Lipinski definition) is 0. The van der Waals surface area contributed by atoms with Crippen LogP contribution in [-0.2, 0) is 20.8 Å². The Morgan fingerprint density at radius 3 is 2.74 bits per heavy atom. The van der Waals surface area contributed by atoms with Crippen LogP contribution in [0.15, 0.2) is 24.3 Å². The maximum absolute atomic E-state index is 13.0. The van der Waals surface area contributed by atoms with Gasteiger partial charge in [0.25, 0.3) is 0 Å². The largest absolute Gasteiger partial charge is 0.381 e. The molecule has 1 atom stereocenters. The first kappa shape index (κ1) is 16.5. The molecule has 1 aromatic carbocycles. The van der Waals surface area contributed by atoms with Crippen LogP contribution in [0.2, 0.25) is 0 Å². The SMILES string of the molecule is Cc1cccc(CN(CC2CCCO2)C(=O)C2CCOCC2)c1. The van der Waals surface area contributed by atoms with Gasteiger partial charge in [0, 0.05) is 38.8 Å². The molecule has 2 saturated heterocycles. The molecule has 23 heavy (non-hydrogen) atoms. The summed E-state index contributed by atoms with van der Waals surface area (Å²) in [5.41, 5.74) is 2.43. The number of nitrogens with zero attached hydrogens (tertiary/aromatic N) is 1. The molecular weight excluding hydrogens is 290 g/mol. The van der Waals surface area contributed by atoms with E-state index in [4.69, 9.17) is 9.47 Å². The molecule has 0 spiro atoms. The quantitative estimate of drug-likeness (QED) is 0.838. The molecule has 126 valence electrons. The molecule has 0 radical (unpaired) electrons. The van der Waals surface area contributed by atoms with Crippen LogP contribution in [0.1, 0.15) is 36.8 Å². The third-order valence-corrected chi connectivity index (χ3v) is 4.79. The van der Waals surface area contributed by atoms with Crippen molar-refractivity contribution in [1.29, 1.82) is 0 Å². The third-order valence-electron chi connectivity index (χ3n) is 4.79. The van der Waals surface area contributed by atoms with Crippen molar-refractivity contribution < 1.29 is 14.3 Å². The summed E-state index contributed by atoms with van der Waals surface area (Å²) in [6, 6.07) is 8.43. The number of ether oxygens (including phenoxy) is 2. The second-order valence-electron chi connectivity index (χ2n) is 6.73. The molecule has 1 amide bonds. The highest BCUT2D eigenvalue weighted by Gasteiger charge is 2.29. The summed E-state index contributed by atoms with van der Waals surface area (Å²) in [5, 5.41) is 0. The van der Waals surface area contributed by atoms with Crippen molar-refractivity contribution in [3.63, 3.8) is 0 Å². The van der Waals surface area contributed by atoms with Gasteiger partial charge in [-0.15, -0.1) is 0 Å². The molecule has 2 aliphatic heterocycles. The predicted octanol–water partition coefficient (Wildman–Crippen LogP) is 2.93. The molecule has 0 aliphatic carbocycles. The number of amides is 1. The van der Waals surface area contributed by atoms with Crippen molar-refractivity contribution >= 4 is 5.91 Å². The van der Waals surface area contributed by atoms with Gasteiger partial charge in [-0.1, -0.05) is 29.8 Å². The molecule has 2 fully saturated rings. The van der Waals surface area contributed by atoms with Crippen LogP contribution in [0.4, 0.5) is 0 Å². The van der Waals surface area contributed by atoms with Crippen LogP contribution in [0, 0.1) is 12.8 Å². The Kier molecular flexibility index (Phi) is 5.68. The number of carbonyl (C=O) groups is 1. The topological polar surface area (TPSA) is 38.8 Å². The van der Waals surface area contributed by atoms with E-state index in [1.807, 2.05) is 4.90 Å². The lowest BCUT2D eigenvalue weighted by Crippen LogP contribution is -2.42. The molecule has 4 nitrogen and oxygen atoms in total. The minimum Gasteiger partial charge on any atom is -0.381 e. The van der Waals surface area contributed by atoms with Gasteiger partial charge in [-0.05, 0) is 38.2 Å². The maximum Gasteiger partial charge on any atom is 0.226 e. The Labute approximate surface area is 138 Å². The summed E-state index contributed by atoms with van der Waals surface area (Å²) in [5.74, 6) is 0.375. The number of carbonyl (C=O) groups excluding carboxylic acids is 1.